The van der Waals surface area contributed by atoms with E-state index in [1.807, 2.05) is 0 Å². The Morgan fingerprint density at radius 2 is 1.73 bits per heavy atom. The molecule has 136 valence electrons. The number of aromatic hydroxyl groups is 1. The molecule has 8 heteroatoms. The molecule has 0 aromatic heterocycles. The predicted octanol–water partition coefficient (Wildman–Crippen LogP) is 5.44. The zero-order valence-corrected chi connectivity index (χ0v) is 16.8. The minimum absolute atomic E-state index is 0.0312. The van der Waals surface area contributed by atoms with Crippen LogP contribution < -0.4 is 0 Å². The van der Waals surface area contributed by atoms with Crippen molar-refractivity contribution in [1.29, 1.82) is 0 Å². The summed E-state index contributed by atoms with van der Waals surface area (Å²) in [7, 11) is 0. The number of Topliss-reactive ketones (excluding diaryl/α,β-unsaturated/α-hetero) is 2. The zero-order chi connectivity index (χ0) is 19.4. The molecule has 0 saturated carbocycles. The van der Waals surface area contributed by atoms with E-state index in [4.69, 9.17) is 58.0 Å². The van der Waals surface area contributed by atoms with Crippen molar-refractivity contribution in [2.24, 2.45) is 0 Å². The van der Waals surface area contributed by atoms with Gasteiger partial charge in [0.15, 0.2) is 11.6 Å². The largest absolute Gasteiger partial charge is 0.508 e. The first-order valence-corrected chi connectivity index (χ1v) is 9.32. The predicted molar refractivity (Wildman–Crippen MR) is 105 cm³/mol. The Morgan fingerprint density at radius 3 is 2.31 bits per heavy atom. The molecule has 0 amide bonds. The van der Waals surface area contributed by atoms with Gasteiger partial charge in [-0.25, -0.2) is 0 Å². The number of phenolic OH excluding ortho intramolecular Hbond substituents is 1. The number of ketones is 2. The van der Waals surface area contributed by atoms with E-state index >= 15 is 0 Å². The minimum atomic E-state index is -1.96. The Hall–Kier alpha value is -0.970. The lowest BCUT2D eigenvalue weighted by atomic mass is 9.62. The molecular weight excluding hydrogens is 441 g/mol. The first kappa shape index (κ1) is 19.8. The van der Waals surface area contributed by atoms with Crippen LogP contribution in [0.4, 0.5) is 0 Å². The third-order valence-electron chi connectivity index (χ3n) is 4.74. The lowest BCUT2D eigenvalue weighted by molar-refractivity contribution is -0.127. The smallest absolute Gasteiger partial charge is 0.199 e. The molecule has 3 atom stereocenters. The van der Waals surface area contributed by atoms with Crippen molar-refractivity contribution in [2.45, 2.75) is 22.1 Å². The van der Waals surface area contributed by atoms with Gasteiger partial charge < -0.3 is 5.11 Å². The van der Waals surface area contributed by atoms with E-state index in [-0.39, 0.29) is 17.2 Å². The summed E-state index contributed by atoms with van der Waals surface area (Å²) in [5, 5.41) is 8.88. The monoisotopic (exact) mass is 450 g/mol. The fourth-order valence-corrected chi connectivity index (χ4v) is 5.16. The Kier molecular flexibility index (Phi) is 5.00. The van der Waals surface area contributed by atoms with Gasteiger partial charge in [0.1, 0.15) is 25.6 Å². The topological polar surface area (TPSA) is 54.4 Å². The Labute approximate surface area is 174 Å². The normalized spacial score (nSPS) is 31.6. The number of fused-ring (bicyclic) bond motifs is 1. The summed E-state index contributed by atoms with van der Waals surface area (Å²) >= 11 is 31.7. The number of hydrogen-bond donors (Lipinski definition) is 1. The number of carbonyl (C=O) groups is 2. The summed E-state index contributed by atoms with van der Waals surface area (Å²) in [6.07, 6.45) is 3.15. The standard InChI is InChI=1S/C18H11Cl5O3/c1-2-8-5-6-17(22)15(25)13(20)14(21)16(26)18(17,23)12(8)10-4-3-9(24)7-11(10)19/h2-5,7,12,24H,1,6H2/t12-,17-,18+/m1/s1. The average Bonchev–Trinajstić information content (AvgIpc) is 2.61. The van der Waals surface area contributed by atoms with Crippen molar-refractivity contribution in [3.63, 3.8) is 0 Å². The number of rotatable bonds is 2. The van der Waals surface area contributed by atoms with Gasteiger partial charge in [0.25, 0.3) is 0 Å². The van der Waals surface area contributed by atoms with Crippen LogP contribution in [0.25, 0.3) is 0 Å². The van der Waals surface area contributed by atoms with Gasteiger partial charge in [0, 0.05) is 10.9 Å². The van der Waals surface area contributed by atoms with Crippen molar-refractivity contribution in [1.82, 2.24) is 0 Å². The molecule has 1 aromatic rings. The first-order valence-electron chi connectivity index (χ1n) is 7.43. The molecule has 0 heterocycles. The molecule has 0 radical (unpaired) electrons. The van der Waals surface area contributed by atoms with Gasteiger partial charge in [-0.1, -0.05) is 59.6 Å². The second-order valence-corrected chi connectivity index (χ2v) is 8.45. The van der Waals surface area contributed by atoms with E-state index in [0.29, 0.717) is 11.1 Å². The zero-order valence-electron chi connectivity index (χ0n) is 13.0. The van der Waals surface area contributed by atoms with E-state index < -0.39 is 37.3 Å². The van der Waals surface area contributed by atoms with Crippen molar-refractivity contribution in [3.8, 4) is 5.75 Å². The highest BCUT2D eigenvalue weighted by Gasteiger charge is 2.68. The Balaban J connectivity index is 2.36. The van der Waals surface area contributed by atoms with Crippen molar-refractivity contribution in [3.05, 3.63) is 63.2 Å². The van der Waals surface area contributed by atoms with Crippen LogP contribution in [-0.4, -0.2) is 26.4 Å². The summed E-state index contributed by atoms with van der Waals surface area (Å²) < 4.78 is 0. The van der Waals surface area contributed by atoms with E-state index in [9.17, 15) is 14.7 Å². The van der Waals surface area contributed by atoms with E-state index in [0.717, 1.165) is 0 Å². The number of benzene rings is 1. The van der Waals surface area contributed by atoms with Crippen molar-refractivity contribution < 1.29 is 14.7 Å². The number of hydrogen-bond acceptors (Lipinski definition) is 3. The number of halogens is 5. The molecular formula is C18H11Cl5O3. The summed E-state index contributed by atoms with van der Waals surface area (Å²) in [4.78, 5) is 22.1. The van der Waals surface area contributed by atoms with Crippen LogP contribution in [-0.2, 0) is 9.59 Å². The van der Waals surface area contributed by atoms with Gasteiger partial charge in [-0.2, -0.15) is 0 Å². The molecule has 2 aliphatic rings. The molecule has 0 fully saturated rings. The summed E-state index contributed by atoms with van der Waals surface area (Å²) in [6.45, 7) is 3.75. The summed E-state index contributed by atoms with van der Waals surface area (Å²) in [6, 6.07) is 4.21. The fourth-order valence-electron chi connectivity index (χ4n) is 3.43. The molecule has 1 aromatic carbocycles. The molecule has 0 aliphatic heterocycles. The first-order chi connectivity index (χ1) is 12.1. The van der Waals surface area contributed by atoms with Gasteiger partial charge in [0.2, 0.25) is 0 Å². The third-order valence-corrected chi connectivity index (χ3v) is 7.32. The molecule has 0 saturated heterocycles. The number of carbonyl (C=O) groups excluding carboxylic acids is 2. The maximum Gasteiger partial charge on any atom is 0.199 e. The quantitative estimate of drug-likeness (QED) is 0.608. The average molecular weight is 453 g/mol. The number of allylic oxidation sites excluding steroid dienone is 5. The molecule has 3 nitrogen and oxygen atoms in total. The third kappa shape index (κ3) is 2.49. The van der Waals surface area contributed by atoms with Gasteiger partial charge in [0.05, 0.1) is 0 Å². The van der Waals surface area contributed by atoms with Crippen LogP contribution in [0.3, 0.4) is 0 Å². The molecule has 26 heavy (non-hydrogen) atoms. The molecule has 1 N–H and O–H groups in total. The maximum absolute atomic E-state index is 13.1. The van der Waals surface area contributed by atoms with Gasteiger partial charge in [-0.05, 0) is 29.7 Å². The Bertz CT molecular complexity index is 919. The highest BCUT2D eigenvalue weighted by atomic mass is 35.5. The fraction of sp³-hybridized carbons (Fsp3) is 0.222. The molecule has 3 rings (SSSR count). The summed E-state index contributed by atoms with van der Waals surface area (Å²) in [5.41, 5.74) is 0.964. The minimum Gasteiger partial charge on any atom is -0.508 e. The molecule has 2 aliphatic carbocycles. The lowest BCUT2D eigenvalue weighted by Crippen LogP contribution is -2.64. The van der Waals surface area contributed by atoms with E-state index in [1.54, 1.807) is 6.08 Å². The Morgan fingerprint density at radius 1 is 1.12 bits per heavy atom. The van der Waals surface area contributed by atoms with Crippen molar-refractivity contribution in [2.75, 3.05) is 0 Å². The molecule has 0 unspecified atom stereocenters. The van der Waals surface area contributed by atoms with Crippen LogP contribution in [0.15, 0.2) is 52.6 Å². The van der Waals surface area contributed by atoms with Gasteiger partial charge in [-0.15, -0.1) is 23.2 Å². The number of phenols is 1. The highest BCUT2D eigenvalue weighted by Crippen LogP contribution is 2.60. The van der Waals surface area contributed by atoms with Gasteiger partial charge in [-0.3, -0.25) is 9.59 Å². The van der Waals surface area contributed by atoms with Crippen molar-refractivity contribution >= 4 is 69.6 Å². The highest BCUT2D eigenvalue weighted by molar-refractivity contribution is 6.66. The molecule has 0 bridgehead atoms. The van der Waals surface area contributed by atoms with Crippen LogP contribution in [0, 0.1) is 0 Å². The van der Waals surface area contributed by atoms with E-state index in [1.165, 1.54) is 24.3 Å². The van der Waals surface area contributed by atoms with Crippen LogP contribution in [0.5, 0.6) is 5.75 Å². The number of alkyl halides is 2. The SMILES string of the molecule is C=CC1=CC[C@@]2(Cl)C(=O)C(Cl)=C(Cl)C(=O)[C@@]2(Cl)[C@H]1c1ccc(O)cc1Cl. The van der Waals surface area contributed by atoms with Crippen LogP contribution in [0.1, 0.15) is 17.9 Å². The van der Waals surface area contributed by atoms with Gasteiger partial charge >= 0.3 is 0 Å². The second kappa shape index (κ2) is 6.57. The summed E-state index contributed by atoms with van der Waals surface area (Å²) in [5.74, 6) is -2.47. The lowest BCUT2D eigenvalue weighted by Gasteiger charge is -2.50. The van der Waals surface area contributed by atoms with E-state index in [2.05, 4.69) is 6.58 Å². The van der Waals surface area contributed by atoms with Crippen LogP contribution in [0.2, 0.25) is 5.02 Å². The van der Waals surface area contributed by atoms with Crippen LogP contribution >= 0.6 is 58.0 Å². The maximum atomic E-state index is 13.1. The molecule has 0 spiro atoms. The second-order valence-electron chi connectivity index (χ2n) is 6.05.